The summed E-state index contributed by atoms with van der Waals surface area (Å²) in [6.07, 6.45) is 10.5. The third-order valence-corrected chi connectivity index (χ3v) is 3.04. The van der Waals surface area contributed by atoms with Crippen LogP contribution in [0.4, 0.5) is 5.69 Å². The van der Waals surface area contributed by atoms with Crippen molar-refractivity contribution >= 4 is 11.3 Å². The fourth-order valence-electron chi connectivity index (χ4n) is 2.40. The number of nitrogens with two attached hydrogens (primary N) is 1. The van der Waals surface area contributed by atoms with Gasteiger partial charge in [0.05, 0.1) is 0 Å². The summed E-state index contributed by atoms with van der Waals surface area (Å²) in [4.78, 5) is 0. The second-order valence-electron chi connectivity index (χ2n) is 4.49. The Balaban J connectivity index is 0.00000162. The van der Waals surface area contributed by atoms with Crippen molar-refractivity contribution in [2.45, 2.75) is 19.8 Å². The van der Waals surface area contributed by atoms with E-state index in [0.717, 1.165) is 18.5 Å². The summed E-state index contributed by atoms with van der Waals surface area (Å²) in [5.41, 5.74) is 10.7. The number of benzene rings is 1. The van der Waals surface area contributed by atoms with E-state index in [-0.39, 0.29) is 32.7 Å². The van der Waals surface area contributed by atoms with Gasteiger partial charge in [0.25, 0.3) is 0 Å². The maximum absolute atomic E-state index is 6.07. The molecule has 18 heavy (non-hydrogen) atoms. The maximum Gasteiger partial charge on any atom is 0.0392 e. The quantitative estimate of drug-likeness (QED) is 0.515. The van der Waals surface area contributed by atoms with E-state index in [1.54, 1.807) is 6.08 Å². The Bertz CT molecular complexity index is 486. The Morgan fingerprint density at radius 1 is 1.50 bits per heavy atom. The van der Waals surface area contributed by atoms with Gasteiger partial charge in [0, 0.05) is 44.0 Å². The first-order chi connectivity index (χ1) is 8.22. The second-order valence-corrected chi connectivity index (χ2v) is 4.49. The molecule has 2 heteroatoms. The molecule has 0 heterocycles. The SMILES string of the molecule is [CH-]=CC=[C-]CC1=CC(C)Cc2cccc(N)c21.[Y]. The van der Waals surface area contributed by atoms with E-state index in [9.17, 15) is 0 Å². The summed E-state index contributed by atoms with van der Waals surface area (Å²) in [5.74, 6) is 0.558. The van der Waals surface area contributed by atoms with E-state index < -0.39 is 0 Å². The molecule has 1 atom stereocenters. The smallest absolute Gasteiger partial charge is 0.0392 e. The van der Waals surface area contributed by atoms with Crippen LogP contribution in [0.3, 0.4) is 0 Å². The molecule has 0 aliphatic heterocycles. The maximum atomic E-state index is 6.07. The van der Waals surface area contributed by atoms with Gasteiger partial charge >= 0.3 is 0 Å². The summed E-state index contributed by atoms with van der Waals surface area (Å²) < 4.78 is 0. The molecule has 1 aromatic rings. The zero-order valence-corrected chi connectivity index (χ0v) is 13.5. The van der Waals surface area contributed by atoms with Crippen LogP contribution in [-0.4, -0.2) is 0 Å². The van der Waals surface area contributed by atoms with Crippen LogP contribution in [0.15, 0.2) is 36.4 Å². The Morgan fingerprint density at radius 3 is 3.00 bits per heavy atom. The van der Waals surface area contributed by atoms with Gasteiger partial charge in [-0.2, -0.15) is 0 Å². The standard InChI is InChI=1S/C16H17N.Y/c1-3-4-5-7-13-10-12(2)11-14-8-6-9-15(17)16(13)14;/h1,3-4,6,8-10,12H,7,11,17H2,2H3;/q-2;. The molecule has 0 saturated carbocycles. The summed E-state index contributed by atoms with van der Waals surface area (Å²) >= 11 is 0. The fourth-order valence-corrected chi connectivity index (χ4v) is 2.40. The molecule has 0 aromatic heterocycles. The first-order valence-corrected chi connectivity index (χ1v) is 5.91. The predicted molar refractivity (Wildman–Crippen MR) is 73.0 cm³/mol. The Hall–Kier alpha value is -0.656. The van der Waals surface area contributed by atoms with E-state index in [1.165, 1.54) is 22.8 Å². The number of hydrogen-bond donors (Lipinski definition) is 1. The summed E-state index contributed by atoms with van der Waals surface area (Å²) in [6.45, 7) is 7.54. The monoisotopic (exact) mass is 312 g/mol. The number of allylic oxidation sites excluding steroid dienone is 5. The van der Waals surface area contributed by atoms with E-state index >= 15 is 0 Å². The third kappa shape index (κ3) is 3.43. The fraction of sp³-hybridized carbons (Fsp3) is 0.250. The number of anilines is 1. The van der Waals surface area contributed by atoms with E-state index in [0.29, 0.717) is 5.92 Å². The molecule has 1 aliphatic carbocycles. The molecule has 0 bridgehead atoms. The van der Waals surface area contributed by atoms with Crippen LogP contribution in [0.2, 0.25) is 0 Å². The average Bonchev–Trinajstić information content (AvgIpc) is 2.28. The van der Waals surface area contributed by atoms with Gasteiger partial charge in [-0.25, -0.2) is 0 Å². The van der Waals surface area contributed by atoms with E-state index in [1.807, 2.05) is 12.1 Å². The normalized spacial score (nSPS) is 17.8. The van der Waals surface area contributed by atoms with Crippen LogP contribution in [-0.2, 0) is 39.1 Å². The molecule has 1 unspecified atom stereocenters. The number of nitrogen functional groups attached to an aromatic ring is 1. The van der Waals surface area contributed by atoms with Crippen molar-refractivity contribution in [2.24, 2.45) is 5.92 Å². The average molecular weight is 312 g/mol. The van der Waals surface area contributed by atoms with Crippen molar-refractivity contribution in [3.8, 4) is 0 Å². The largest absolute Gasteiger partial charge is 0.398 e. The predicted octanol–water partition coefficient (Wildman–Crippen LogP) is 3.58. The van der Waals surface area contributed by atoms with Gasteiger partial charge in [0.15, 0.2) is 0 Å². The molecule has 2 rings (SSSR count). The molecule has 1 aliphatic rings. The Kier molecular flexibility index (Phi) is 6.04. The molecule has 1 radical (unpaired) electrons. The summed E-state index contributed by atoms with van der Waals surface area (Å²) in [5, 5.41) is 0. The molecular weight excluding hydrogens is 295 g/mol. The Morgan fingerprint density at radius 2 is 2.28 bits per heavy atom. The van der Waals surface area contributed by atoms with Gasteiger partial charge < -0.3 is 30.5 Å². The number of rotatable bonds is 3. The van der Waals surface area contributed by atoms with Crippen molar-refractivity contribution < 1.29 is 32.7 Å². The third-order valence-electron chi connectivity index (χ3n) is 3.04. The molecule has 0 amide bonds. The molecule has 91 valence electrons. The summed E-state index contributed by atoms with van der Waals surface area (Å²) in [6, 6.07) is 6.15. The van der Waals surface area contributed by atoms with Gasteiger partial charge in [-0.05, 0) is 24.0 Å². The zero-order valence-electron chi connectivity index (χ0n) is 10.7. The van der Waals surface area contributed by atoms with E-state index in [2.05, 4.69) is 25.1 Å². The number of fused-ring (bicyclic) bond motifs is 1. The topological polar surface area (TPSA) is 26.0 Å². The molecule has 0 spiro atoms. The molecule has 1 nitrogen and oxygen atoms in total. The molecule has 2 N–H and O–H groups in total. The van der Waals surface area contributed by atoms with Crippen LogP contribution < -0.4 is 5.73 Å². The van der Waals surface area contributed by atoms with Crippen molar-refractivity contribution in [1.29, 1.82) is 0 Å². The van der Waals surface area contributed by atoms with Crippen LogP contribution in [0.5, 0.6) is 0 Å². The van der Waals surface area contributed by atoms with E-state index in [4.69, 9.17) is 12.3 Å². The molecule has 1 aromatic carbocycles. The molecule has 0 saturated heterocycles. The zero-order chi connectivity index (χ0) is 12.3. The van der Waals surface area contributed by atoms with Crippen molar-refractivity contribution in [2.75, 3.05) is 5.73 Å². The number of hydrogen-bond acceptors (Lipinski definition) is 1. The minimum Gasteiger partial charge on any atom is -0.398 e. The van der Waals surface area contributed by atoms with Crippen molar-refractivity contribution in [3.05, 3.63) is 60.2 Å². The molecular formula is C16H17NY-2. The minimum absolute atomic E-state index is 0. The molecule has 0 fully saturated rings. The first-order valence-electron chi connectivity index (χ1n) is 5.91. The van der Waals surface area contributed by atoms with Gasteiger partial charge in [-0.15, -0.1) is 6.42 Å². The van der Waals surface area contributed by atoms with Crippen LogP contribution in [0, 0.1) is 18.6 Å². The van der Waals surface area contributed by atoms with Crippen molar-refractivity contribution in [1.82, 2.24) is 0 Å². The van der Waals surface area contributed by atoms with Gasteiger partial charge in [0.2, 0.25) is 0 Å². The van der Waals surface area contributed by atoms with Gasteiger partial charge in [-0.3, -0.25) is 0 Å². The first kappa shape index (κ1) is 15.4. The van der Waals surface area contributed by atoms with Gasteiger partial charge in [-0.1, -0.05) is 30.7 Å². The van der Waals surface area contributed by atoms with Crippen LogP contribution in [0.25, 0.3) is 5.57 Å². The minimum atomic E-state index is 0. The van der Waals surface area contributed by atoms with Crippen LogP contribution >= 0.6 is 0 Å². The Labute approximate surface area is 135 Å². The van der Waals surface area contributed by atoms with Crippen LogP contribution in [0.1, 0.15) is 24.5 Å². The van der Waals surface area contributed by atoms with Crippen molar-refractivity contribution in [3.63, 3.8) is 0 Å². The summed E-state index contributed by atoms with van der Waals surface area (Å²) in [7, 11) is 0. The van der Waals surface area contributed by atoms with Gasteiger partial charge in [0.1, 0.15) is 0 Å². The second kappa shape index (κ2) is 7.06.